The molecule has 176 valence electrons. The smallest absolute Gasteiger partial charge is 0.269 e. The number of halogens is 1. The Morgan fingerprint density at radius 2 is 1.74 bits per heavy atom. The van der Waals surface area contributed by atoms with Crippen molar-refractivity contribution in [3.05, 3.63) is 98.6 Å². The topological polar surface area (TPSA) is 122 Å². The van der Waals surface area contributed by atoms with Gasteiger partial charge in [-0.05, 0) is 67.4 Å². The van der Waals surface area contributed by atoms with E-state index in [0.29, 0.717) is 21.8 Å². The van der Waals surface area contributed by atoms with Gasteiger partial charge in [0.05, 0.1) is 21.7 Å². The quantitative estimate of drug-likeness (QED) is 0.282. The Bertz CT molecular complexity index is 1340. The van der Waals surface area contributed by atoms with Gasteiger partial charge < -0.3 is 0 Å². The number of nitrogens with zero attached hydrogens (tertiary/aromatic N) is 3. The molecule has 0 radical (unpaired) electrons. The van der Waals surface area contributed by atoms with E-state index >= 15 is 0 Å². The summed E-state index contributed by atoms with van der Waals surface area (Å²) in [5.74, 6) is -0.678. The van der Waals surface area contributed by atoms with Crippen LogP contribution in [0.1, 0.15) is 16.7 Å². The van der Waals surface area contributed by atoms with Crippen LogP contribution in [0, 0.1) is 24.0 Å². The van der Waals surface area contributed by atoms with Gasteiger partial charge >= 0.3 is 0 Å². The summed E-state index contributed by atoms with van der Waals surface area (Å²) in [5, 5.41) is 15.0. The van der Waals surface area contributed by atoms with E-state index < -0.39 is 27.4 Å². The third-order valence-electron chi connectivity index (χ3n) is 4.83. The Labute approximate surface area is 201 Å². The maximum atomic E-state index is 13.4. The average molecular weight is 501 g/mol. The maximum absolute atomic E-state index is 13.4. The third kappa shape index (κ3) is 5.97. The number of non-ortho nitro benzene ring substituents is 1. The molecular formula is C23H21ClN4O5S. The number of nitro benzene ring substituents is 1. The minimum atomic E-state index is -4.08. The lowest BCUT2D eigenvalue weighted by atomic mass is 10.2. The van der Waals surface area contributed by atoms with Crippen LogP contribution in [0.4, 0.5) is 11.4 Å². The van der Waals surface area contributed by atoms with E-state index in [1.165, 1.54) is 48.7 Å². The number of nitro groups is 1. The summed E-state index contributed by atoms with van der Waals surface area (Å²) in [6.07, 6.45) is 1.30. The first-order valence-corrected chi connectivity index (χ1v) is 11.8. The molecule has 0 aliphatic heterocycles. The summed E-state index contributed by atoms with van der Waals surface area (Å²) in [6, 6.07) is 16.6. The number of carbonyl (C=O) groups is 1. The number of aryl methyl sites for hydroxylation is 2. The van der Waals surface area contributed by atoms with Gasteiger partial charge in [-0.2, -0.15) is 5.10 Å². The van der Waals surface area contributed by atoms with Crippen molar-refractivity contribution in [3.8, 4) is 0 Å². The van der Waals surface area contributed by atoms with Gasteiger partial charge in [0.2, 0.25) is 0 Å². The molecule has 3 aromatic rings. The number of hydrogen-bond acceptors (Lipinski definition) is 6. The zero-order chi connectivity index (χ0) is 24.9. The molecule has 0 aliphatic carbocycles. The van der Waals surface area contributed by atoms with Gasteiger partial charge in [-0.25, -0.2) is 13.8 Å². The van der Waals surface area contributed by atoms with Gasteiger partial charge in [0.1, 0.15) is 6.54 Å². The fourth-order valence-electron chi connectivity index (χ4n) is 3.06. The molecule has 0 atom stereocenters. The van der Waals surface area contributed by atoms with Crippen LogP contribution in [0.2, 0.25) is 5.02 Å². The lowest BCUT2D eigenvalue weighted by Crippen LogP contribution is -2.40. The molecule has 1 N–H and O–H groups in total. The highest BCUT2D eigenvalue weighted by atomic mass is 35.5. The number of carbonyl (C=O) groups excluding carboxylic acids is 1. The van der Waals surface area contributed by atoms with Crippen LogP contribution in [-0.2, 0) is 14.8 Å². The van der Waals surface area contributed by atoms with Crippen molar-refractivity contribution in [2.75, 3.05) is 10.8 Å². The van der Waals surface area contributed by atoms with Gasteiger partial charge in [0, 0.05) is 17.2 Å². The summed E-state index contributed by atoms with van der Waals surface area (Å²) in [5.41, 5.74) is 4.52. The summed E-state index contributed by atoms with van der Waals surface area (Å²) in [6.45, 7) is 3.01. The van der Waals surface area contributed by atoms with Crippen LogP contribution in [-0.4, -0.2) is 32.0 Å². The zero-order valence-electron chi connectivity index (χ0n) is 18.3. The Balaban J connectivity index is 1.84. The van der Waals surface area contributed by atoms with Gasteiger partial charge in [0.15, 0.2) is 0 Å². The summed E-state index contributed by atoms with van der Waals surface area (Å²) < 4.78 is 27.8. The van der Waals surface area contributed by atoms with Gasteiger partial charge in [-0.1, -0.05) is 29.3 Å². The molecule has 0 saturated carbocycles. The Morgan fingerprint density at radius 3 is 2.32 bits per heavy atom. The molecule has 1 amide bonds. The third-order valence-corrected chi connectivity index (χ3v) is 6.84. The highest BCUT2D eigenvalue weighted by Gasteiger charge is 2.28. The Kier molecular flexibility index (Phi) is 7.64. The maximum Gasteiger partial charge on any atom is 0.269 e. The lowest BCUT2D eigenvalue weighted by molar-refractivity contribution is -0.384. The van der Waals surface area contributed by atoms with Gasteiger partial charge in [-0.15, -0.1) is 0 Å². The van der Waals surface area contributed by atoms with Crippen molar-refractivity contribution in [1.29, 1.82) is 0 Å². The van der Waals surface area contributed by atoms with Crippen LogP contribution in [0.25, 0.3) is 0 Å². The summed E-state index contributed by atoms with van der Waals surface area (Å²) in [7, 11) is -4.08. The molecule has 0 spiro atoms. The highest BCUT2D eigenvalue weighted by Crippen LogP contribution is 2.29. The summed E-state index contributed by atoms with van der Waals surface area (Å²) >= 11 is 6.03. The van der Waals surface area contributed by atoms with E-state index in [0.717, 1.165) is 9.87 Å². The largest absolute Gasteiger partial charge is 0.271 e. The molecule has 0 fully saturated rings. The second-order valence-corrected chi connectivity index (χ2v) is 9.70. The van der Waals surface area contributed by atoms with E-state index in [-0.39, 0.29) is 10.6 Å². The number of anilines is 1. The molecule has 0 saturated heterocycles. The minimum Gasteiger partial charge on any atom is -0.271 e. The number of benzene rings is 3. The van der Waals surface area contributed by atoms with Crippen LogP contribution in [0.5, 0.6) is 0 Å². The molecule has 34 heavy (non-hydrogen) atoms. The molecule has 3 aromatic carbocycles. The molecule has 9 nitrogen and oxygen atoms in total. The molecule has 0 unspecified atom stereocenters. The van der Waals surface area contributed by atoms with Crippen molar-refractivity contribution in [1.82, 2.24) is 5.43 Å². The standard InChI is InChI=1S/C23H21ClN4O5S/c1-16-3-10-21(11-4-16)34(32,33)27(22-12-7-19(24)13-17(22)2)15-23(29)26-25-14-18-5-8-20(9-6-18)28(30)31/h3-14H,15H2,1-2H3,(H,26,29)/b25-14-. The van der Waals surface area contributed by atoms with Crippen LogP contribution in [0.15, 0.2) is 76.7 Å². The van der Waals surface area contributed by atoms with Crippen molar-refractivity contribution < 1.29 is 18.1 Å². The van der Waals surface area contributed by atoms with E-state index in [9.17, 15) is 23.3 Å². The Morgan fingerprint density at radius 1 is 1.09 bits per heavy atom. The molecule has 3 rings (SSSR count). The molecule has 0 heterocycles. The first kappa shape index (κ1) is 24.9. The number of sulfonamides is 1. The fourth-order valence-corrected chi connectivity index (χ4v) is 4.77. The number of rotatable bonds is 8. The number of amides is 1. The number of hydrazone groups is 1. The van der Waals surface area contributed by atoms with E-state index in [4.69, 9.17) is 11.6 Å². The van der Waals surface area contributed by atoms with Crippen LogP contribution < -0.4 is 9.73 Å². The van der Waals surface area contributed by atoms with Crippen molar-refractivity contribution in [2.24, 2.45) is 5.10 Å². The molecule has 11 heteroatoms. The SMILES string of the molecule is Cc1ccc(S(=O)(=O)N(CC(=O)N/N=C\c2ccc([N+](=O)[O-])cc2)c2ccc(Cl)cc2C)cc1. The first-order chi connectivity index (χ1) is 16.1. The average Bonchev–Trinajstić information content (AvgIpc) is 2.78. The lowest BCUT2D eigenvalue weighted by Gasteiger charge is -2.25. The van der Waals surface area contributed by atoms with Crippen molar-refractivity contribution >= 4 is 45.1 Å². The molecule has 0 bridgehead atoms. The van der Waals surface area contributed by atoms with Gasteiger partial charge in [0.25, 0.3) is 21.6 Å². The zero-order valence-corrected chi connectivity index (χ0v) is 19.9. The summed E-state index contributed by atoms with van der Waals surface area (Å²) in [4.78, 5) is 22.9. The van der Waals surface area contributed by atoms with Crippen LogP contribution in [0.3, 0.4) is 0 Å². The molecule has 0 aliphatic rings. The first-order valence-electron chi connectivity index (χ1n) is 10.00. The predicted octanol–water partition coefficient (Wildman–Crippen LogP) is 4.21. The second kappa shape index (κ2) is 10.4. The second-order valence-electron chi connectivity index (χ2n) is 7.40. The van der Waals surface area contributed by atoms with Crippen LogP contribution >= 0.6 is 11.6 Å². The monoisotopic (exact) mass is 500 g/mol. The fraction of sp³-hybridized carbons (Fsp3) is 0.130. The van der Waals surface area contributed by atoms with E-state index in [1.54, 1.807) is 31.2 Å². The normalized spacial score (nSPS) is 11.4. The Hall–Kier alpha value is -3.76. The molecule has 0 aromatic heterocycles. The minimum absolute atomic E-state index is 0.0367. The van der Waals surface area contributed by atoms with Gasteiger partial charge in [-0.3, -0.25) is 19.2 Å². The number of nitrogens with one attached hydrogen (secondary N) is 1. The molecular weight excluding hydrogens is 480 g/mol. The predicted molar refractivity (Wildman–Crippen MR) is 131 cm³/mol. The van der Waals surface area contributed by atoms with Crippen molar-refractivity contribution in [2.45, 2.75) is 18.7 Å². The highest BCUT2D eigenvalue weighted by molar-refractivity contribution is 7.92. The number of hydrogen-bond donors (Lipinski definition) is 1. The van der Waals surface area contributed by atoms with Crippen molar-refractivity contribution in [3.63, 3.8) is 0 Å². The van der Waals surface area contributed by atoms with E-state index in [1.807, 2.05) is 6.92 Å². The van der Waals surface area contributed by atoms with E-state index in [2.05, 4.69) is 10.5 Å².